The summed E-state index contributed by atoms with van der Waals surface area (Å²) in [5.41, 5.74) is 2.52. The number of anilines is 1. The van der Waals surface area contributed by atoms with Crippen molar-refractivity contribution in [1.29, 1.82) is 0 Å². The van der Waals surface area contributed by atoms with Crippen LogP contribution < -0.4 is 10.1 Å². The molecule has 3 rings (SSSR count). The smallest absolute Gasteiger partial charge is 0.265 e. The fraction of sp³-hybridized carbons (Fsp3) is 0.188. The molecule has 112 valence electrons. The van der Waals surface area contributed by atoms with Gasteiger partial charge in [-0.1, -0.05) is 6.08 Å². The quantitative estimate of drug-likeness (QED) is 0.694. The summed E-state index contributed by atoms with van der Waals surface area (Å²) in [7, 11) is 0. The molecule has 0 saturated heterocycles. The van der Waals surface area contributed by atoms with Gasteiger partial charge in [0.05, 0.1) is 17.9 Å². The van der Waals surface area contributed by atoms with Gasteiger partial charge in [0.25, 0.3) is 5.91 Å². The number of fused-ring (bicyclic) bond motifs is 1. The van der Waals surface area contributed by atoms with Gasteiger partial charge < -0.3 is 10.1 Å². The second-order valence-electron chi connectivity index (χ2n) is 5.00. The van der Waals surface area contributed by atoms with Crippen LogP contribution >= 0.6 is 0 Å². The van der Waals surface area contributed by atoms with Gasteiger partial charge in [0.15, 0.2) is 12.4 Å². The van der Waals surface area contributed by atoms with Crippen LogP contribution in [0.1, 0.15) is 17.4 Å². The van der Waals surface area contributed by atoms with Crippen LogP contribution in [-0.4, -0.2) is 28.1 Å². The fourth-order valence-corrected chi connectivity index (χ4v) is 2.30. The predicted octanol–water partition coefficient (Wildman–Crippen LogP) is 2.27. The van der Waals surface area contributed by atoms with Crippen molar-refractivity contribution in [3.63, 3.8) is 0 Å². The average Bonchev–Trinajstić information content (AvgIpc) is 2.91. The minimum atomic E-state index is -0.508. The van der Waals surface area contributed by atoms with Crippen LogP contribution in [0, 0.1) is 0 Å². The van der Waals surface area contributed by atoms with E-state index >= 15 is 0 Å². The Morgan fingerprint density at radius 3 is 3.00 bits per heavy atom. The number of allylic oxidation sites excluding steroid dienone is 1. The van der Waals surface area contributed by atoms with Crippen molar-refractivity contribution < 1.29 is 14.3 Å². The first-order chi connectivity index (χ1) is 10.6. The number of rotatable bonds is 4. The first kappa shape index (κ1) is 14.1. The summed E-state index contributed by atoms with van der Waals surface area (Å²) in [5.74, 6) is 0.437. The minimum absolute atomic E-state index is 0.185. The molecule has 2 heterocycles. The van der Waals surface area contributed by atoms with Crippen molar-refractivity contribution >= 4 is 17.9 Å². The molecule has 0 saturated carbocycles. The molecule has 1 N–H and O–H groups in total. The summed E-state index contributed by atoms with van der Waals surface area (Å²) in [6.07, 6.45) is 1.92. The van der Waals surface area contributed by atoms with Crippen LogP contribution in [0.3, 0.4) is 0 Å². The van der Waals surface area contributed by atoms with Crippen molar-refractivity contribution in [3.8, 4) is 17.0 Å². The lowest BCUT2D eigenvalue weighted by atomic mass is 10.1. The molecular formula is C16H15N3O3. The predicted molar refractivity (Wildman–Crippen MR) is 82.0 cm³/mol. The number of benzene rings is 1. The Kier molecular flexibility index (Phi) is 3.50. The zero-order valence-corrected chi connectivity index (χ0v) is 12.1. The first-order valence-corrected chi connectivity index (χ1v) is 6.88. The van der Waals surface area contributed by atoms with Gasteiger partial charge in [0.1, 0.15) is 11.4 Å². The molecule has 6 nitrogen and oxygen atoms in total. The van der Waals surface area contributed by atoms with Gasteiger partial charge in [-0.15, -0.1) is 6.58 Å². The summed E-state index contributed by atoms with van der Waals surface area (Å²) in [5, 5.41) is 7.18. The van der Waals surface area contributed by atoms with Crippen molar-refractivity contribution in [3.05, 3.63) is 42.6 Å². The molecular weight excluding hydrogens is 282 g/mol. The summed E-state index contributed by atoms with van der Waals surface area (Å²) < 4.78 is 7.09. The van der Waals surface area contributed by atoms with Crippen LogP contribution in [0.2, 0.25) is 0 Å². The molecule has 1 aliphatic rings. The molecule has 6 heteroatoms. The highest BCUT2D eigenvalue weighted by atomic mass is 16.5. The lowest BCUT2D eigenvalue weighted by molar-refractivity contribution is -0.122. The molecule has 1 aromatic heterocycles. The Morgan fingerprint density at radius 2 is 2.27 bits per heavy atom. The van der Waals surface area contributed by atoms with E-state index in [1.54, 1.807) is 35.9 Å². The fourth-order valence-electron chi connectivity index (χ4n) is 2.30. The van der Waals surface area contributed by atoms with Gasteiger partial charge >= 0.3 is 0 Å². The summed E-state index contributed by atoms with van der Waals surface area (Å²) >= 11 is 0. The van der Waals surface area contributed by atoms with Crippen molar-refractivity contribution in [1.82, 2.24) is 9.78 Å². The van der Waals surface area contributed by atoms with Gasteiger partial charge in [-0.3, -0.25) is 14.3 Å². The molecule has 2 aromatic rings. The van der Waals surface area contributed by atoms with Crippen LogP contribution in [0.15, 0.2) is 36.9 Å². The molecule has 1 aliphatic heterocycles. The Hall–Kier alpha value is -2.89. The van der Waals surface area contributed by atoms with Crippen LogP contribution in [0.25, 0.3) is 11.3 Å². The van der Waals surface area contributed by atoms with Gasteiger partial charge in [-0.05, 0) is 31.2 Å². The van der Waals surface area contributed by atoms with E-state index in [-0.39, 0.29) is 5.91 Å². The normalized spacial score (nSPS) is 16.4. The second-order valence-corrected chi connectivity index (χ2v) is 5.00. The molecule has 1 atom stereocenters. The number of carbonyl (C=O) groups excluding carboxylic acids is 2. The number of aldehydes is 1. The van der Waals surface area contributed by atoms with Crippen molar-refractivity contribution in [2.45, 2.75) is 19.6 Å². The van der Waals surface area contributed by atoms with Gasteiger partial charge in [0, 0.05) is 5.56 Å². The summed E-state index contributed by atoms with van der Waals surface area (Å²) in [6, 6.07) is 7.12. The Bertz CT molecular complexity index is 764. The standard InChI is InChI=1S/C16H15N3O3/c1-3-6-19-12(9-20)8-13(18-19)11-4-5-15-14(7-11)17-16(21)10(2)22-15/h3-5,7-10H,1,6H2,2H3,(H,17,21). The van der Waals surface area contributed by atoms with E-state index in [2.05, 4.69) is 17.0 Å². The van der Waals surface area contributed by atoms with E-state index in [9.17, 15) is 9.59 Å². The first-order valence-electron chi connectivity index (χ1n) is 6.88. The zero-order chi connectivity index (χ0) is 15.7. The molecule has 1 amide bonds. The van der Waals surface area contributed by atoms with Gasteiger partial charge in [-0.25, -0.2) is 0 Å². The molecule has 0 radical (unpaired) electrons. The van der Waals surface area contributed by atoms with E-state index in [0.717, 1.165) is 11.8 Å². The van der Waals surface area contributed by atoms with Crippen LogP contribution in [0.5, 0.6) is 5.75 Å². The SMILES string of the molecule is C=CCn1nc(-c2ccc3c(c2)NC(=O)C(C)O3)cc1C=O. The van der Waals surface area contributed by atoms with E-state index in [4.69, 9.17) is 4.74 Å². The number of amides is 1. The van der Waals surface area contributed by atoms with E-state index in [1.165, 1.54) is 0 Å². The maximum Gasteiger partial charge on any atom is 0.265 e. The topological polar surface area (TPSA) is 73.2 Å². The molecule has 0 fully saturated rings. The third kappa shape index (κ3) is 2.39. The molecule has 22 heavy (non-hydrogen) atoms. The number of nitrogens with zero attached hydrogens (tertiary/aromatic N) is 2. The number of carbonyl (C=O) groups is 2. The summed E-state index contributed by atoms with van der Waals surface area (Å²) in [4.78, 5) is 22.8. The number of hydrogen-bond acceptors (Lipinski definition) is 4. The molecule has 1 aromatic carbocycles. The average molecular weight is 297 g/mol. The lowest BCUT2D eigenvalue weighted by Crippen LogP contribution is -2.34. The highest BCUT2D eigenvalue weighted by Gasteiger charge is 2.24. The largest absolute Gasteiger partial charge is 0.479 e. The van der Waals surface area contributed by atoms with E-state index in [0.29, 0.717) is 29.4 Å². The number of aromatic nitrogens is 2. The van der Waals surface area contributed by atoms with Crippen LogP contribution in [-0.2, 0) is 11.3 Å². The number of ether oxygens (including phenoxy) is 1. The maximum atomic E-state index is 11.7. The summed E-state index contributed by atoms with van der Waals surface area (Å²) in [6.45, 7) is 5.79. The third-order valence-electron chi connectivity index (χ3n) is 3.44. The molecule has 0 bridgehead atoms. The molecule has 1 unspecified atom stereocenters. The second kappa shape index (κ2) is 5.48. The number of hydrogen-bond donors (Lipinski definition) is 1. The molecule has 0 aliphatic carbocycles. The Labute approximate surface area is 127 Å². The third-order valence-corrected chi connectivity index (χ3v) is 3.44. The van der Waals surface area contributed by atoms with Crippen LogP contribution in [0.4, 0.5) is 5.69 Å². The Morgan fingerprint density at radius 1 is 1.45 bits per heavy atom. The Balaban J connectivity index is 1.99. The monoisotopic (exact) mass is 297 g/mol. The highest BCUT2D eigenvalue weighted by Crippen LogP contribution is 2.33. The minimum Gasteiger partial charge on any atom is -0.479 e. The van der Waals surface area contributed by atoms with E-state index < -0.39 is 6.10 Å². The highest BCUT2D eigenvalue weighted by molar-refractivity contribution is 5.98. The van der Waals surface area contributed by atoms with Crippen molar-refractivity contribution in [2.24, 2.45) is 0 Å². The molecule has 0 spiro atoms. The maximum absolute atomic E-state index is 11.7. The van der Waals surface area contributed by atoms with Gasteiger partial charge in [0.2, 0.25) is 0 Å². The van der Waals surface area contributed by atoms with Crippen molar-refractivity contribution in [2.75, 3.05) is 5.32 Å². The number of nitrogens with one attached hydrogen (secondary N) is 1. The van der Waals surface area contributed by atoms with Gasteiger partial charge in [-0.2, -0.15) is 5.10 Å². The van der Waals surface area contributed by atoms with E-state index in [1.807, 2.05) is 6.07 Å². The lowest BCUT2D eigenvalue weighted by Gasteiger charge is -2.23. The zero-order valence-electron chi connectivity index (χ0n) is 12.1.